The van der Waals surface area contributed by atoms with E-state index in [1.54, 1.807) is 11.3 Å². The summed E-state index contributed by atoms with van der Waals surface area (Å²) in [6.45, 7) is 7.49. The average Bonchev–Trinajstić information content (AvgIpc) is 3.12. The van der Waals surface area contributed by atoms with Gasteiger partial charge in [-0.3, -0.25) is 9.69 Å². The van der Waals surface area contributed by atoms with Gasteiger partial charge in [-0.2, -0.15) is 0 Å². The molecule has 1 atom stereocenters. The molecule has 118 valence electrons. The topological polar surface area (TPSA) is 42.4 Å². The van der Waals surface area contributed by atoms with E-state index in [4.69, 9.17) is 9.72 Å². The van der Waals surface area contributed by atoms with Crippen LogP contribution in [-0.4, -0.2) is 30.1 Å². The molecule has 0 aliphatic carbocycles. The molecule has 1 aliphatic rings. The molecule has 2 aromatic rings. The van der Waals surface area contributed by atoms with Crippen LogP contribution in [0.2, 0.25) is 0 Å². The minimum absolute atomic E-state index is 0.115. The van der Waals surface area contributed by atoms with Gasteiger partial charge in [0.1, 0.15) is 0 Å². The van der Waals surface area contributed by atoms with E-state index in [1.165, 1.54) is 15.8 Å². The first-order chi connectivity index (χ1) is 10.6. The van der Waals surface area contributed by atoms with Crippen LogP contribution in [0, 0.1) is 13.8 Å². The minimum Gasteiger partial charge on any atom is -0.376 e. The van der Waals surface area contributed by atoms with Crippen molar-refractivity contribution in [2.45, 2.75) is 46.1 Å². The zero-order valence-electron chi connectivity index (χ0n) is 13.4. The van der Waals surface area contributed by atoms with E-state index < -0.39 is 0 Å². The monoisotopic (exact) mass is 318 g/mol. The van der Waals surface area contributed by atoms with Gasteiger partial charge >= 0.3 is 0 Å². The standard InChI is InChI=1S/C17H22N2O2S/c1-4-15(20)19(10-13-6-5-7-21-13)17-18-14-9-11(2)8-12(3)16(14)22-17/h8-9,13H,4-7,10H2,1-3H3. The number of aromatic nitrogens is 1. The van der Waals surface area contributed by atoms with Gasteiger partial charge in [0.25, 0.3) is 0 Å². The maximum atomic E-state index is 12.4. The van der Waals surface area contributed by atoms with E-state index in [0.29, 0.717) is 13.0 Å². The molecule has 1 aliphatic heterocycles. The zero-order chi connectivity index (χ0) is 15.7. The number of aryl methyl sites for hydroxylation is 2. The molecular weight excluding hydrogens is 296 g/mol. The van der Waals surface area contributed by atoms with E-state index in [2.05, 4.69) is 26.0 Å². The lowest BCUT2D eigenvalue weighted by atomic mass is 10.1. The highest BCUT2D eigenvalue weighted by atomic mass is 32.1. The maximum Gasteiger partial charge on any atom is 0.228 e. The van der Waals surface area contributed by atoms with Crippen molar-refractivity contribution in [2.75, 3.05) is 18.1 Å². The smallest absolute Gasteiger partial charge is 0.228 e. The van der Waals surface area contributed by atoms with Crippen LogP contribution in [0.3, 0.4) is 0 Å². The molecule has 0 saturated carbocycles. The predicted octanol–water partition coefficient (Wildman–Crippen LogP) is 3.84. The summed E-state index contributed by atoms with van der Waals surface area (Å²) in [7, 11) is 0. The third-order valence-electron chi connectivity index (χ3n) is 4.05. The summed E-state index contributed by atoms with van der Waals surface area (Å²) in [5, 5.41) is 0.797. The van der Waals surface area contributed by atoms with Crippen LogP contribution in [0.5, 0.6) is 0 Å². The number of carbonyl (C=O) groups excluding carboxylic acids is 1. The fraction of sp³-hybridized carbons (Fsp3) is 0.529. The second-order valence-electron chi connectivity index (χ2n) is 5.92. The van der Waals surface area contributed by atoms with Gasteiger partial charge in [-0.15, -0.1) is 0 Å². The number of hydrogen-bond donors (Lipinski definition) is 0. The molecule has 0 N–H and O–H groups in total. The molecule has 1 unspecified atom stereocenters. The van der Waals surface area contributed by atoms with E-state index in [1.807, 2.05) is 11.8 Å². The molecule has 1 saturated heterocycles. The number of fused-ring (bicyclic) bond motifs is 1. The summed E-state index contributed by atoms with van der Waals surface area (Å²) in [6.07, 6.45) is 2.74. The highest BCUT2D eigenvalue weighted by molar-refractivity contribution is 7.22. The molecule has 0 radical (unpaired) electrons. The van der Waals surface area contributed by atoms with Crippen molar-refractivity contribution in [1.29, 1.82) is 0 Å². The first kappa shape index (κ1) is 15.4. The third kappa shape index (κ3) is 3.01. The quantitative estimate of drug-likeness (QED) is 0.860. The second-order valence-corrected chi connectivity index (χ2v) is 6.90. The lowest BCUT2D eigenvalue weighted by Gasteiger charge is -2.22. The number of nitrogens with zero attached hydrogens (tertiary/aromatic N) is 2. The lowest BCUT2D eigenvalue weighted by Crippen LogP contribution is -2.37. The Morgan fingerprint density at radius 1 is 1.45 bits per heavy atom. The highest BCUT2D eigenvalue weighted by Crippen LogP contribution is 2.33. The van der Waals surface area contributed by atoms with Gasteiger partial charge in [-0.05, 0) is 43.9 Å². The molecule has 3 rings (SSSR count). The Morgan fingerprint density at radius 3 is 2.95 bits per heavy atom. The Bertz CT molecular complexity index is 689. The van der Waals surface area contributed by atoms with Gasteiger partial charge in [0, 0.05) is 13.0 Å². The second kappa shape index (κ2) is 6.34. The lowest BCUT2D eigenvalue weighted by molar-refractivity contribution is -0.118. The Morgan fingerprint density at radius 2 is 2.27 bits per heavy atom. The molecule has 5 heteroatoms. The Balaban J connectivity index is 1.96. The molecule has 22 heavy (non-hydrogen) atoms. The number of hydrogen-bond acceptors (Lipinski definition) is 4. The van der Waals surface area contributed by atoms with Crippen molar-refractivity contribution < 1.29 is 9.53 Å². The van der Waals surface area contributed by atoms with Gasteiger partial charge in [0.15, 0.2) is 5.13 Å². The number of rotatable bonds is 4. The fourth-order valence-electron chi connectivity index (χ4n) is 2.95. The van der Waals surface area contributed by atoms with Crippen LogP contribution in [-0.2, 0) is 9.53 Å². The van der Waals surface area contributed by atoms with E-state index in [-0.39, 0.29) is 12.0 Å². The summed E-state index contributed by atoms with van der Waals surface area (Å²) in [5.74, 6) is 0.115. The summed E-state index contributed by atoms with van der Waals surface area (Å²) in [5.41, 5.74) is 3.41. The van der Waals surface area contributed by atoms with Crippen LogP contribution in [0.15, 0.2) is 12.1 Å². The number of carbonyl (C=O) groups is 1. The third-order valence-corrected chi connectivity index (χ3v) is 5.28. The Hall–Kier alpha value is -1.46. The maximum absolute atomic E-state index is 12.4. The molecule has 1 amide bonds. The van der Waals surface area contributed by atoms with E-state index in [0.717, 1.165) is 30.1 Å². The van der Waals surface area contributed by atoms with Crippen LogP contribution in [0.4, 0.5) is 5.13 Å². The van der Waals surface area contributed by atoms with Crippen LogP contribution in [0.1, 0.15) is 37.3 Å². The molecule has 0 bridgehead atoms. The summed E-state index contributed by atoms with van der Waals surface area (Å²) in [4.78, 5) is 18.9. The molecule has 0 spiro atoms. The fourth-order valence-corrected chi connectivity index (χ4v) is 3.99. The average molecular weight is 318 g/mol. The Labute approximate surface area is 135 Å². The molecule has 2 heterocycles. The van der Waals surface area contributed by atoms with Gasteiger partial charge < -0.3 is 4.74 Å². The summed E-state index contributed by atoms with van der Waals surface area (Å²) in [6, 6.07) is 4.25. The van der Waals surface area contributed by atoms with Crippen LogP contribution in [0.25, 0.3) is 10.2 Å². The largest absolute Gasteiger partial charge is 0.376 e. The van der Waals surface area contributed by atoms with Crippen molar-refractivity contribution >= 4 is 32.6 Å². The van der Waals surface area contributed by atoms with Gasteiger partial charge in [0.2, 0.25) is 5.91 Å². The van der Waals surface area contributed by atoms with E-state index in [9.17, 15) is 4.79 Å². The molecule has 1 fully saturated rings. The number of benzene rings is 1. The summed E-state index contributed by atoms with van der Waals surface area (Å²) < 4.78 is 6.87. The SMILES string of the molecule is CCC(=O)N(CC1CCCO1)c1nc2cc(C)cc(C)c2s1. The van der Waals surface area contributed by atoms with Gasteiger partial charge in [-0.1, -0.05) is 24.3 Å². The first-order valence-electron chi connectivity index (χ1n) is 7.88. The summed E-state index contributed by atoms with van der Waals surface area (Å²) >= 11 is 1.61. The van der Waals surface area contributed by atoms with Crippen molar-refractivity contribution in [3.8, 4) is 0 Å². The first-order valence-corrected chi connectivity index (χ1v) is 8.70. The van der Waals surface area contributed by atoms with Gasteiger partial charge in [0.05, 0.1) is 22.9 Å². The van der Waals surface area contributed by atoms with Crippen LogP contribution < -0.4 is 4.90 Å². The van der Waals surface area contributed by atoms with Crippen molar-refractivity contribution in [2.24, 2.45) is 0 Å². The van der Waals surface area contributed by atoms with Crippen molar-refractivity contribution in [1.82, 2.24) is 4.98 Å². The van der Waals surface area contributed by atoms with Crippen molar-refractivity contribution in [3.05, 3.63) is 23.3 Å². The predicted molar refractivity (Wildman–Crippen MR) is 90.7 cm³/mol. The molecule has 1 aromatic heterocycles. The van der Waals surface area contributed by atoms with E-state index >= 15 is 0 Å². The normalized spacial score (nSPS) is 18.0. The van der Waals surface area contributed by atoms with Crippen LogP contribution >= 0.6 is 11.3 Å². The molecular formula is C17H22N2O2S. The number of anilines is 1. The molecule has 4 nitrogen and oxygen atoms in total. The zero-order valence-corrected chi connectivity index (χ0v) is 14.2. The van der Waals surface area contributed by atoms with Gasteiger partial charge in [-0.25, -0.2) is 4.98 Å². The Kier molecular flexibility index (Phi) is 4.45. The molecule has 1 aromatic carbocycles. The van der Waals surface area contributed by atoms with Crippen molar-refractivity contribution in [3.63, 3.8) is 0 Å². The minimum atomic E-state index is 0.115. The number of amides is 1. The highest BCUT2D eigenvalue weighted by Gasteiger charge is 2.25. The number of ether oxygens (including phenoxy) is 1. The number of thiazole rings is 1.